The number of aldehydes is 1. The fraction of sp³-hybridized carbons (Fsp3) is 0.526. The molecule has 30 heavy (non-hydrogen) atoms. The highest BCUT2D eigenvalue weighted by Gasteiger charge is 2.41. The SMILES string of the molecule is CCOC(=O)c1cc2nc(C(F)(F)F)c(CC3CCC(F)(F)CC3)n2c(C=O)c1Cl. The van der Waals surface area contributed by atoms with E-state index in [0.29, 0.717) is 0 Å². The molecule has 0 radical (unpaired) electrons. The maximum Gasteiger partial charge on any atom is 0.435 e. The van der Waals surface area contributed by atoms with Gasteiger partial charge in [0.25, 0.3) is 0 Å². The van der Waals surface area contributed by atoms with Crippen LogP contribution < -0.4 is 0 Å². The number of fused-ring (bicyclic) bond motifs is 1. The third-order valence-electron chi connectivity index (χ3n) is 5.17. The largest absolute Gasteiger partial charge is 0.462 e. The zero-order chi connectivity index (χ0) is 22.3. The average molecular weight is 453 g/mol. The van der Waals surface area contributed by atoms with Crippen molar-refractivity contribution < 1.29 is 36.3 Å². The number of imidazole rings is 1. The van der Waals surface area contributed by atoms with Crippen molar-refractivity contribution in [3.05, 3.63) is 33.7 Å². The summed E-state index contributed by atoms with van der Waals surface area (Å²) in [6.07, 6.45) is -5.56. The molecule has 5 nitrogen and oxygen atoms in total. The lowest BCUT2D eigenvalue weighted by atomic mass is 9.83. The highest BCUT2D eigenvalue weighted by atomic mass is 35.5. The summed E-state index contributed by atoms with van der Waals surface area (Å²) in [5.74, 6) is -4.16. The Morgan fingerprint density at radius 2 is 2.00 bits per heavy atom. The summed E-state index contributed by atoms with van der Waals surface area (Å²) in [5, 5.41) is -0.362. The van der Waals surface area contributed by atoms with Crippen LogP contribution in [-0.2, 0) is 17.3 Å². The molecule has 1 saturated carbocycles. The van der Waals surface area contributed by atoms with Gasteiger partial charge in [-0.15, -0.1) is 0 Å². The summed E-state index contributed by atoms with van der Waals surface area (Å²) in [5.41, 5.74) is -2.53. The molecular weight excluding hydrogens is 435 g/mol. The number of ether oxygens (including phenoxy) is 1. The van der Waals surface area contributed by atoms with E-state index in [1.54, 1.807) is 0 Å². The molecule has 2 aromatic heterocycles. The number of nitrogens with zero attached hydrogens (tertiary/aromatic N) is 2. The van der Waals surface area contributed by atoms with Crippen molar-refractivity contribution in [3.63, 3.8) is 0 Å². The standard InChI is InChI=1S/C19H18ClF5N2O3/c1-2-30-17(29)11-8-14-26-16(19(23,24)25)12(27(14)13(9-28)15(11)20)7-10-3-5-18(21,22)6-4-10/h8-10H,2-7H2,1H3. The number of halogens is 6. The van der Waals surface area contributed by atoms with Gasteiger partial charge in [0.15, 0.2) is 12.0 Å². The lowest BCUT2D eigenvalue weighted by Crippen LogP contribution is -2.26. The Morgan fingerprint density at radius 3 is 2.53 bits per heavy atom. The van der Waals surface area contributed by atoms with Crippen LogP contribution in [0.25, 0.3) is 5.65 Å². The number of aromatic nitrogens is 2. The minimum atomic E-state index is -4.85. The first-order chi connectivity index (χ1) is 14.0. The maximum atomic E-state index is 13.7. The van der Waals surface area contributed by atoms with Gasteiger partial charge in [0.2, 0.25) is 5.92 Å². The van der Waals surface area contributed by atoms with Crippen LogP contribution in [0.5, 0.6) is 0 Å². The fourth-order valence-corrected chi connectivity index (χ4v) is 3.98. The van der Waals surface area contributed by atoms with E-state index in [2.05, 4.69) is 4.98 Å². The molecular formula is C19H18ClF5N2O3. The van der Waals surface area contributed by atoms with E-state index in [4.69, 9.17) is 16.3 Å². The Morgan fingerprint density at radius 1 is 1.37 bits per heavy atom. The summed E-state index contributed by atoms with van der Waals surface area (Å²) in [7, 11) is 0. The van der Waals surface area contributed by atoms with Crippen LogP contribution in [0.1, 0.15) is 64.8 Å². The number of pyridine rings is 1. The van der Waals surface area contributed by atoms with E-state index in [1.807, 2.05) is 0 Å². The number of carbonyl (C=O) groups excluding carboxylic acids is 2. The van der Waals surface area contributed by atoms with Crippen molar-refractivity contribution in [1.29, 1.82) is 0 Å². The van der Waals surface area contributed by atoms with Crippen LogP contribution in [0, 0.1) is 5.92 Å². The monoisotopic (exact) mass is 452 g/mol. The molecule has 0 aliphatic heterocycles. The molecule has 3 rings (SSSR count). The first kappa shape index (κ1) is 22.5. The highest BCUT2D eigenvalue weighted by molar-refractivity contribution is 6.35. The number of rotatable bonds is 5. The Kier molecular flexibility index (Phi) is 6.08. The second-order valence-electron chi connectivity index (χ2n) is 7.20. The van der Waals surface area contributed by atoms with E-state index < -0.39 is 42.5 Å². The molecule has 0 N–H and O–H groups in total. The Labute approximate surface area is 173 Å². The lowest BCUT2D eigenvalue weighted by molar-refractivity contribution is -0.141. The molecule has 1 aliphatic carbocycles. The van der Waals surface area contributed by atoms with Crippen LogP contribution in [0.2, 0.25) is 5.02 Å². The molecule has 1 fully saturated rings. The van der Waals surface area contributed by atoms with E-state index in [-0.39, 0.29) is 59.8 Å². The van der Waals surface area contributed by atoms with Crippen molar-refractivity contribution in [2.45, 2.75) is 51.1 Å². The van der Waals surface area contributed by atoms with Crippen molar-refractivity contribution >= 4 is 29.5 Å². The minimum Gasteiger partial charge on any atom is -0.462 e. The van der Waals surface area contributed by atoms with Crippen LogP contribution in [0.15, 0.2) is 6.07 Å². The van der Waals surface area contributed by atoms with Crippen LogP contribution in [0.3, 0.4) is 0 Å². The molecule has 0 spiro atoms. The summed E-state index contributed by atoms with van der Waals surface area (Å²) < 4.78 is 73.7. The average Bonchev–Trinajstić information content (AvgIpc) is 3.01. The fourth-order valence-electron chi connectivity index (χ4n) is 3.72. The molecule has 0 atom stereocenters. The van der Waals surface area contributed by atoms with Gasteiger partial charge in [-0.05, 0) is 38.2 Å². The van der Waals surface area contributed by atoms with Gasteiger partial charge in [-0.25, -0.2) is 18.6 Å². The van der Waals surface area contributed by atoms with E-state index in [0.717, 1.165) is 10.5 Å². The number of alkyl halides is 5. The van der Waals surface area contributed by atoms with Gasteiger partial charge in [-0.3, -0.25) is 9.20 Å². The van der Waals surface area contributed by atoms with E-state index >= 15 is 0 Å². The van der Waals surface area contributed by atoms with Gasteiger partial charge in [-0.1, -0.05) is 11.6 Å². The molecule has 11 heteroatoms. The molecule has 2 aromatic rings. The number of hydrogen-bond acceptors (Lipinski definition) is 4. The van der Waals surface area contributed by atoms with Gasteiger partial charge in [-0.2, -0.15) is 13.2 Å². The second kappa shape index (κ2) is 8.13. The molecule has 0 unspecified atom stereocenters. The summed E-state index contributed by atoms with van der Waals surface area (Å²) in [6, 6.07) is 1.03. The van der Waals surface area contributed by atoms with Gasteiger partial charge in [0.05, 0.1) is 22.9 Å². The summed E-state index contributed by atoms with van der Waals surface area (Å²) in [4.78, 5) is 27.4. The van der Waals surface area contributed by atoms with Crippen molar-refractivity contribution in [1.82, 2.24) is 9.38 Å². The first-order valence-electron chi connectivity index (χ1n) is 9.29. The molecule has 164 valence electrons. The molecule has 1 aliphatic rings. The van der Waals surface area contributed by atoms with Crippen molar-refractivity contribution in [2.24, 2.45) is 5.92 Å². The van der Waals surface area contributed by atoms with Crippen LogP contribution >= 0.6 is 11.6 Å². The van der Waals surface area contributed by atoms with Crippen LogP contribution in [0.4, 0.5) is 22.0 Å². The predicted octanol–water partition coefficient (Wildman–Crippen LogP) is 5.36. The van der Waals surface area contributed by atoms with Gasteiger partial charge in [0.1, 0.15) is 11.3 Å². The third-order valence-corrected chi connectivity index (χ3v) is 5.57. The zero-order valence-corrected chi connectivity index (χ0v) is 16.6. The highest BCUT2D eigenvalue weighted by Crippen LogP contribution is 2.40. The summed E-state index contributed by atoms with van der Waals surface area (Å²) in [6.45, 7) is 1.53. The smallest absolute Gasteiger partial charge is 0.435 e. The zero-order valence-electron chi connectivity index (χ0n) is 15.9. The maximum absolute atomic E-state index is 13.7. The van der Waals surface area contributed by atoms with Gasteiger partial charge < -0.3 is 4.74 Å². The normalized spacial score (nSPS) is 17.3. The van der Waals surface area contributed by atoms with Gasteiger partial charge in [0, 0.05) is 12.8 Å². The minimum absolute atomic E-state index is 0.00340. The van der Waals surface area contributed by atoms with Crippen molar-refractivity contribution in [3.8, 4) is 0 Å². The van der Waals surface area contributed by atoms with Crippen molar-refractivity contribution in [2.75, 3.05) is 6.61 Å². The molecule has 0 saturated heterocycles. The van der Waals surface area contributed by atoms with E-state index in [9.17, 15) is 31.5 Å². The predicted molar refractivity (Wildman–Crippen MR) is 97.2 cm³/mol. The number of hydrogen-bond donors (Lipinski definition) is 0. The Bertz CT molecular complexity index is 977. The van der Waals surface area contributed by atoms with Gasteiger partial charge >= 0.3 is 12.1 Å². The number of esters is 1. The molecule has 0 amide bonds. The molecule has 0 aromatic carbocycles. The topological polar surface area (TPSA) is 60.7 Å². The Balaban J connectivity index is 2.16. The summed E-state index contributed by atoms with van der Waals surface area (Å²) >= 11 is 6.13. The Hall–Kier alpha value is -2.23. The molecule has 0 bridgehead atoms. The quantitative estimate of drug-likeness (QED) is 0.348. The van der Waals surface area contributed by atoms with E-state index in [1.165, 1.54) is 6.92 Å². The van der Waals surface area contributed by atoms with Crippen LogP contribution in [-0.4, -0.2) is 34.2 Å². The molecule has 2 heterocycles. The number of carbonyl (C=O) groups is 2. The second-order valence-corrected chi connectivity index (χ2v) is 7.58. The third kappa shape index (κ3) is 4.28. The first-order valence-corrected chi connectivity index (χ1v) is 9.67. The lowest BCUT2D eigenvalue weighted by Gasteiger charge is -2.28.